The molecular weight excluding hydrogens is 352 g/mol. The van der Waals surface area contributed by atoms with Gasteiger partial charge >= 0.3 is 0 Å². The first-order valence-electron chi connectivity index (χ1n) is 8.93. The third-order valence-corrected chi connectivity index (χ3v) is 6.28. The van der Waals surface area contributed by atoms with Gasteiger partial charge in [0.25, 0.3) is 0 Å². The van der Waals surface area contributed by atoms with E-state index in [1.165, 1.54) is 0 Å². The van der Waals surface area contributed by atoms with Crippen molar-refractivity contribution in [2.45, 2.75) is 39.6 Å². The van der Waals surface area contributed by atoms with Crippen LogP contribution in [0.2, 0.25) is 0 Å². The van der Waals surface area contributed by atoms with Crippen molar-refractivity contribution < 1.29 is 13.2 Å². The van der Waals surface area contributed by atoms with E-state index >= 15 is 0 Å². The Hall–Kier alpha value is -1.77. The van der Waals surface area contributed by atoms with Crippen LogP contribution in [0.4, 0.5) is 0 Å². The molecule has 0 unspecified atom stereocenters. The summed E-state index contributed by atoms with van der Waals surface area (Å²) in [5.41, 5.74) is 2.95. The van der Waals surface area contributed by atoms with Gasteiger partial charge in [0.05, 0.1) is 36.4 Å². The molecule has 0 saturated heterocycles. The van der Waals surface area contributed by atoms with Gasteiger partial charge in [-0.15, -0.1) is 0 Å². The first-order chi connectivity index (χ1) is 12.4. The first kappa shape index (κ1) is 19.0. The number of aromatic nitrogens is 3. The fourth-order valence-electron chi connectivity index (χ4n) is 3.06. The summed E-state index contributed by atoms with van der Waals surface area (Å²) in [7, 11) is -2.99. The van der Waals surface area contributed by atoms with Crippen LogP contribution in [0.1, 0.15) is 24.0 Å². The molecule has 1 atom stereocenters. The van der Waals surface area contributed by atoms with Gasteiger partial charge < -0.3 is 4.74 Å². The van der Waals surface area contributed by atoms with Crippen molar-refractivity contribution in [3.05, 3.63) is 47.5 Å². The maximum absolute atomic E-state index is 11.9. The molecule has 142 valence electrons. The lowest BCUT2D eigenvalue weighted by molar-refractivity contribution is 0.00820. The Morgan fingerprint density at radius 3 is 2.88 bits per heavy atom. The summed E-state index contributed by atoms with van der Waals surface area (Å²) in [6.07, 6.45) is 1.71. The van der Waals surface area contributed by atoms with Crippen LogP contribution in [0.15, 0.2) is 30.5 Å². The molecule has 0 N–H and O–H groups in total. The van der Waals surface area contributed by atoms with Crippen molar-refractivity contribution in [3.63, 3.8) is 0 Å². The molecule has 1 aliphatic rings. The lowest BCUT2D eigenvalue weighted by Crippen LogP contribution is -2.36. The Labute approximate surface area is 154 Å². The summed E-state index contributed by atoms with van der Waals surface area (Å²) < 4.78 is 31.8. The maximum Gasteiger partial charge on any atom is 0.151 e. The fourth-order valence-corrected chi connectivity index (χ4v) is 3.89. The van der Waals surface area contributed by atoms with Gasteiger partial charge in [-0.3, -0.25) is 14.6 Å². The Kier molecular flexibility index (Phi) is 6.05. The zero-order chi connectivity index (χ0) is 18.6. The van der Waals surface area contributed by atoms with Crippen LogP contribution in [-0.2, 0) is 34.3 Å². The van der Waals surface area contributed by atoms with Gasteiger partial charge in [-0.1, -0.05) is 13.0 Å². The SMILES string of the molecule is CCS(=O)(=O)CCN1Cc2ccnn2C[C@@H](OCc2cccc(C)n2)C1. The summed E-state index contributed by atoms with van der Waals surface area (Å²) in [6.45, 7) is 6.60. The lowest BCUT2D eigenvalue weighted by Gasteiger charge is -2.23. The fraction of sp³-hybridized carbons (Fsp3) is 0.556. The minimum absolute atomic E-state index is 0.0669. The zero-order valence-corrected chi connectivity index (χ0v) is 16.2. The van der Waals surface area contributed by atoms with E-state index in [1.54, 1.807) is 13.1 Å². The van der Waals surface area contributed by atoms with Gasteiger partial charge in [-0.25, -0.2) is 8.42 Å². The molecule has 2 aromatic rings. The van der Waals surface area contributed by atoms with Crippen molar-refractivity contribution >= 4 is 9.84 Å². The number of ether oxygens (including phenoxy) is 1. The number of sulfone groups is 1. The molecule has 1 aliphatic heterocycles. The standard InChI is InChI=1S/C18H26N4O3S/c1-3-26(23,24)10-9-21-11-17-7-8-19-22(17)13-18(12-21)25-14-16-6-4-5-15(2)20-16/h4-8,18H,3,9-14H2,1-2H3/t18-/m0/s1. The molecule has 8 heteroatoms. The largest absolute Gasteiger partial charge is 0.369 e. The average molecular weight is 378 g/mol. The molecule has 3 rings (SSSR count). The summed E-state index contributed by atoms with van der Waals surface area (Å²) in [4.78, 5) is 6.61. The Balaban J connectivity index is 1.67. The van der Waals surface area contributed by atoms with Crippen LogP contribution in [0.5, 0.6) is 0 Å². The van der Waals surface area contributed by atoms with E-state index in [2.05, 4.69) is 15.0 Å². The third-order valence-electron chi connectivity index (χ3n) is 4.60. The second-order valence-corrected chi connectivity index (χ2v) is 9.15. The summed E-state index contributed by atoms with van der Waals surface area (Å²) in [5, 5.41) is 4.37. The van der Waals surface area contributed by atoms with Crippen molar-refractivity contribution in [3.8, 4) is 0 Å². The average Bonchev–Trinajstić information content (AvgIpc) is 2.97. The number of rotatable bonds is 7. The second kappa shape index (κ2) is 8.28. The van der Waals surface area contributed by atoms with Crippen LogP contribution in [0.25, 0.3) is 0 Å². The van der Waals surface area contributed by atoms with Gasteiger partial charge in [0.2, 0.25) is 0 Å². The normalized spacial score (nSPS) is 18.5. The van der Waals surface area contributed by atoms with Gasteiger partial charge in [0.15, 0.2) is 9.84 Å². The van der Waals surface area contributed by atoms with E-state index in [4.69, 9.17) is 4.74 Å². The first-order valence-corrected chi connectivity index (χ1v) is 10.7. The maximum atomic E-state index is 11.9. The van der Waals surface area contributed by atoms with E-state index in [1.807, 2.05) is 35.9 Å². The van der Waals surface area contributed by atoms with Gasteiger partial charge in [-0.05, 0) is 25.1 Å². The molecule has 0 aromatic carbocycles. The molecule has 0 aliphatic carbocycles. The van der Waals surface area contributed by atoms with Crippen molar-refractivity contribution in [1.82, 2.24) is 19.7 Å². The highest BCUT2D eigenvalue weighted by Gasteiger charge is 2.24. The molecule has 0 spiro atoms. The Morgan fingerprint density at radius 1 is 1.27 bits per heavy atom. The number of hydrogen-bond donors (Lipinski definition) is 0. The number of aryl methyl sites for hydroxylation is 1. The van der Waals surface area contributed by atoms with Crippen molar-refractivity contribution in [1.29, 1.82) is 0 Å². The predicted molar refractivity (Wildman–Crippen MR) is 99.4 cm³/mol. The molecular formula is C18H26N4O3S. The monoisotopic (exact) mass is 378 g/mol. The molecule has 0 bridgehead atoms. The summed E-state index contributed by atoms with van der Waals surface area (Å²) in [5.74, 6) is 0.349. The molecule has 0 radical (unpaired) electrons. The second-order valence-electron chi connectivity index (χ2n) is 6.68. The lowest BCUT2D eigenvalue weighted by atomic mass is 10.3. The van der Waals surface area contributed by atoms with E-state index in [0.717, 1.165) is 17.1 Å². The molecule has 3 heterocycles. The number of pyridine rings is 1. The number of fused-ring (bicyclic) bond motifs is 1. The molecule has 0 saturated carbocycles. The molecule has 7 nitrogen and oxygen atoms in total. The summed E-state index contributed by atoms with van der Waals surface area (Å²) >= 11 is 0. The number of nitrogens with zero attached hydrogens (tertiary/aromatic N) is 4. The topological polar surface area (TPSA) is 77.3 Å². The molecule has 26 heavy (non-hydrogen) atoms. The highest BCUT2D eigenvalue weighted by atomic mass is 32.2. The molecule has 0 fully saturated rings. The molecule has 0 amide bonds. The van der Waals surface area contributed by atoms with Crippen LogP contribution in [-0.4, -0.2) is 58.8 Å². The Morgan fingerprint density at radius 2 is 2.12 bits per heavy atom. The van der Waals surface area contributed by atoms with Crippen molar-refractivity contribution in [2.75, 3.05) is 24.6 Å². The minimum atomic E-state index is -2.99. The third kappa shape index (κ3) is 5.12. The Bertz CT molecular complexity index is 834. The minimum Gasteiger partial charge on any atom is -0.369 e. The van der Waals surface area contributed by atoms with E-state index in [-0.39, 0.29) is 17.6 Å². The smallest absolute Gasteiger partial charge is 0.151 e. The van der Waals surface area contributed by atoms with Crippen LogP contribution >= 0.6 is 0 Å². The predicted octanol–water partition coefficient (Wildman–Crippen LogP) is 1.42. The van der Waals surface area contributed by atoms with Crippen LogP contribution in [0.3, 0.4) is 0 Å². The zero-order valence-electron chi connectivity index (χ0n) is 15.3. The van der Waals surface area contributed by atoms with Gasteiger partial charge in [-0.2, -0.15) is 5.10 Å². The highest BCUT2D eigenvalue weighted by Crippen LogP contribution is 2.15. The van der Waals surface area contributed by atoms with E-state index in [0.29, 0.717) is 32.8 Å². The molecule has 2 aromatic heterocycles. The quantitative estimate of drug-likeness (QED) is 0.725. The van der Waals surface area contributed by atoms with Crippen LogP contribution in [0, 0.1) is 6.92 Å². The van der Waals surface area contributed by atoms with E-state index < -0.39 is 9.84 Å². The summed E-state index contributed by atoms with van der Waals surface area (Å²) in [6, 6.07) is 7.86. The van der Waals surface area contributed by atoms with Crippen LogP contribution < -0.4 is 0 Å². The van der Waals surface area contributed by atoms with Gasteiger partial charge in [0.1, 0.15) is 0 Å². The van der Waals surface area contributed by atoms with Crippen molar-refractivity contribution in [2.24, 2.45) is 0 Å². The van der Waals surface area contributed by atoms with E-state index in [9.17, 15) is 8.42 Å². The van der Waals surface area contributed by atoms with Gasteiger partial charge in [0, 0.05) is 37.3 Å². The highest BCUT2D eigenvalue weighted by molar-refractivity contribution is 7.91. The number of hydrogen-bond acceptors (Lipinski definition) is 6.